The molecular formula is C8H15N3O. The minimum atomic E-state index is -0.0903. The molecule has 0 atom stereocenters. The Balaban J connectivity index is 2.74. The molecule has 1 heterocycles. The van der Waals surface area contributed by atoms with Crippen molar-refractivity contribution in [3.63, 3.8) is 0 Å². The van der Waals surface area contributed by atoms with E-state index < -0.39 is 0 Å². The van der Waals surface area contributed by atoms with Crippen molar-refractivity contribution in [3.8, 4) is 0 Å². The third-order valence-electron chi connectivity index (χ3n) is 1.66. The van der Waals surface area contributed by atoms with Crippen LogP contribution in [0.5, 0.6) is 0 Å². The summed E-state index contributed by atoms with van der Waals surface area (Å²) in [6, 6.07) is 0.238. The molecule has 0 saturated carbocycles. The van der Waals surface area contributed by atoms with Gasteiger partial charge in [-0.05, 0) is 13.8 Å². The Labute approximate surface area is 72.2 Å². The van der Waals surface area contributed by atoms with E-state index in [0.29, 0.717) is 17.9 Å². The Morgan fingerprint density at radius 3 is 2.75 bits per heavy atom. The Morgan fingerprint density at radius 1 is 1.58 bits per heavy atom. The monoisotopic (exact) mass is 169 g/mol. The van der Waals surface area contributed by atoms with E-state index in [9.17, 15) is 4.79 Å². The second-order valence-electron chi connectivity index (χ2n) is 3.21. The Bertz CT molecular complexity index is 220. The lowest BCUT2D eigenvalue weighted by Crippen LogP contribution is -2.41. The van der Waals surface area contributed by atoms with Crippen LogP contribution in [0.25, 0.3) is 0 Å². The lowest BCUT2D eigenvalue weighted by Gasteiger charge is -2.20. The van der Waals surface area contributed by atoms with Gasteiger partial charge in [-0.2, -0.15) is 0 Å². The minimum absolute atomic E-state index is 0.0903. The molecule has 0 saturated heterocycles. The summed E-state index contributed by atoms with van der Waals surface area (Å²) in [4.78, 5) is 11.2. The van der Waals surface area contributed by atoms with Gasteiger partial charge in [0, 0.05) is 24.7 Å². The van der Waals surface area contributed by atoms with Crippen molar-refractivity contribution >= 4 is 5.91 Å². The standard InChI is InChI=1S/C8H15N3O/c1-5(2)11-7-6(9)3-4-10-8(7)12/h5,11H,3-4,9H2,1-2H3,(H,10,12). The number of hydrogen-bond acceptors (Lipinski definition) is 3. The maximum atomic E-state index is 11.2. The van der Waals surface area contributed by atoms with Crippen LogP contribution in [-0.2, 0) is 4.79 Å². The van der Waals surface area contributed by atoms with Crippen LogP contribution in [0.2, 0.25) is 0 Å². The van der Waals surface area contributed by atoms with E-state index in [2.05, 4.69) is 10.6 Å². The predicted molar refractivity (Wildman–Crippen MR) is 47.1 cm³/mol. The quantitative estimate of drug-likeness (QED) is 0.530. The molecule has 0 fully saturated rings. The van der Waals surface area contributed by atoms with E-state index in [1.165, 1.54) is 0 Å². The fraction of sp³-hybridized carbons (Fsp3) is 0.625. The summed E-state index contributed by atoms with van der Waals surface area (Å²) in [6.45, 7) is 4.60. The van der Waals surface area contributed by atoms with Crippen LogP contribution in [0.1, 0.15) is 20.3 Å². The summed E-state index contributed by atoms with van der Waals surface area (Å²) >= 11 is 0. The molecule has 0 aliphatic carbocycles. The van der Waals surface area contributed by atoms with E-state index in [1.54, 1.807) is 0 Å². The van der Waals surface area contributed by atoms with Gasteiger partial charge in [-0.1, -0.05) is 0 Å². The van der Waals surface area contributed by atoms with E-state index in [1.807, 2.05) is 13.8 Å². The van der Waals surface area contributed by atoms with Crippen molar-refractivity contribution in [2.24, 2.45) is 5.73 Å². The molecule has 1 amide bonds. The van der Waals surface area contributed by atoms with Gasteiger partial charge in [-0.25, -0.2) is 0 Å². The zero-order valence-corrected chi connectivity index (χ0v) is 7.48. The zero-order valence-electron chi connectivity index (χ0n) is 7.48. The molecule has 4 nitrogen and oxygen atoms in total. The smallest absolute Gasteiger partial charge is 0.269 e. The third kappa shape index (κ3) is 1.90. The highest BCUT2D eigenvalue weighted by molar-refractivity contribution is 5.94. The SMILES string of the molecule is CC(C)NC1=C(N)CCNC1=O. The molecule has 0 spiro atoms. The van der Waals surface area contributed by atoms with Crippen LogP contribution in [0.15, 0.2) is 11.4 Å². The average molecular weight is 169 g/mol. The maximum Gasteiger partial charge on any atom is 0.269 e. The second kappa shape index (κ2) is 3.47. The summed E-state index contributed by atoms with van der Waals surface area (Å²) < 4.78 is 0. The first kappa shape index (κ1) is 8.90. The lowest BCUT2D eigenvalue weighted by molar-refractivity contribution is -0.118. The summed E-state index contributed by atoms with van der Waals surface area (Å²) in [7, 11) is 0. The fourth-order valence-electron chi connectivity index (χ4n) is 1.12. The first-order valence-corrected chi connectivity index (χ1v) is 4.14. The molecule has 4 N–H and O–H groups in total. The van der Waals surface area contributed by atoms with Crippen molar-refractivity contribution in [1.29, 1.82) is 0 Å². The fourth-order valence-corrected chi connectivity index (χ4v) is 1.12. The first-order valence-electron chi connectivity index (χ1n) is 4.14. The largest absolute Gasteiger partial charge is 0.400 e. The summed E-state index contributed by atoms with van der Waals surface area (Å²) in [5.41, 5.74) is 6.87. The van der Waals surface area contributed by atoms with Crippen LogP contribution in [-0.4, -0.2) is 18.5 Å². The number of hydrogen-bond donors (Lipinski definition) is 3. The van der Waals surface area contributed by atoms with E-state index >= 15 is 0 Å². The van der Waals surface area contributed by atoms with Gasteiger partial charge in [-0.15, -0.1) is 0 Å². The zero-order chi connectivity index (χ0) is 9.14. The summed E-state index contributed by atoms with van der Waals surface area (Å²) in [5.74, 6) is -0.0903. The van der Waals surface area contributed by atoms with Gasteiger partial charge in [-0.3, -0.25) is 4.79 Å². The first-order chi connectivity index (χ1) is 5.61. The van der Waals surface area contributed by atoms with Crippen LogP contribution in [0.4, 0.5) is 0 Å². The molecule has 1 aliphatic heterocycles. The van der Waals surface area contributed by atoms with E-state index in [-0.39, 0.29) is 11.9 Å². The third-order valence-corrected chi connectivity index (χ3v) is 1.66. The summed E-state index contributed by atoms with van der Waals surface area (Å²) in [5, 5.41) is 5.75. The van der Waals surface area contributed by atoms with Crippen molar-refractivity contribution in [2.45, 2.75) is 26.3 Å². The molecule has 0 unspecified atom stereocenters. The lowest BCUT2D eigenvalue weighted by atomic mass is 10.1. The van der Waals surface area contributed by atoms with Crippen molar-refractivity contribution in [2.75, 3.05) is 6.54 Å². The van der Waals surface area contributed by atoms with Gasteiger partial charge in [0.25, 0.3) is 5.91 Å². The number of amides is 1. The Morgan fingerprint density at radius 2 is 2.25 bits per heavy atom. The molecule has 0 aromatic heterocycles. The Hall–Kier alpha value is -1.19. The van der Waals surface area contributed by atoms with Crippen molar-refractivity contribution < 1.29 is 4.79 Å². The number of rotatable bonds is 2. The minimum Gasteiger partial charge on any atom is -0.400 e. The van der Waals surface area contributed by atoms with Crippen LogP contribution >= 0.6 is 0 Å². The van der Waals surface area contributed by atoms with E-state index in [0.717, 1.165) is 6.42 Å². The van der Waals surface area contributed by atoms with Crippen LogP contribution in [0.3, 0.4) is 0 Å². The van der Waals surface area contributed by atoms with Gasteiger partial charge in [0.2, 0.25) is 0 Å². The van der Waals surface area contributed by atoms with E-state index in [4.69, 9.17) is 5.73 Å². The molecule has 0 radical (unpaired) electrons. The average Bonchev–Trinajstić information content (AvgIpc) is 1.97. The molecule has 0 aromatic carbocycles. The van der Waals surface area contributed by atoms with Crippen molar-refractivity contribution in [3.05, 3.63) is 11.4 Å². The van der Waals surface area contributed by atoms with Gasteiger partial charge < -0.3 is 16.4 Å². The van der Waals surface area contributed by atoms with Gasteiger partial charge in [0.1, 0.15) is 5.70 Å². The Kier molecular flexibility index (Phi) is 2.58. The molecule has 0 bridgehead atoms. The molecule has 12 heavy (non-hydrogen) atoms. The molecule has 0 aromatic rings. The molecule has 4 heteroatoms. The molecule has 1 rings (SSSR count). The topological polar surface area (TPSA) is 67.2 Å². The van der Waals surface area contributed by atoms with Crippen LogP contribution in [0, 0.1) is 0 Å². The second-order valence-corrected chi connectivity index (χ2v) is 3.21. The normalized spacial score (nSPS) is 18.1. The van der Waals surface area contributed by atoms with Gasteiger partial charge >= 0.3 is 0 Å². The van der Waals surface area contributed by atoms with Crippen molar-refractivity contribution in [1.82, 2.24) is 10.6 Å². The highest BCUT2D eigenvalue weighted by Gasteiger charge is 2.18. The maximum absolute atomic E-state index is 11.2. The van der Waals surface area contributed by atoms with Gasteiger partial charge in [0.15, 0.2) is 0 Å². The number of nitrogens with one attached hydrogen (secondary N) is 2. The highest BCUT2D eigenvalue weighted by atomic mass is 16.2. The number of carbonyl (C=O) groups is 1. The van der Waals surface area contributed by atoms with Gasteiger partial charge in [0.05, 0.1) is 0 Å². The number of carbonyl (C=O) groups excluding carboxylic acids is 1. The molecular weight excluding hydrogens is 154 g/mol. The van der Waals surface area contributed by atoms with Crippen LogP contribution < -0.4 is 16.4 Å². The summed E-state index contributed by atoms with van der Waals surface area (Å²) in [6.07, 6.45) is 0.737. The predicted octanol–water partition coefficient (Wildman–Crippen LogP) is -0.325. The molecule has 1 aliphatic rings. The number of nitrogens with two attached hydrogens (primary N) is 1. The molecule has 68 valence electrons. The highest BCUT2D eigenvalue weighted by Crippen LogP contribution is 2.05.